The molecule has 0 aromatic heterocycles. The first-order valence-electron chi connectivity index (χ1n) is 7.41. The van der Waals surface area contributed by atoms with Crippen LogP contribution in [-0.2, 0) is 0 Å². The van der Waals surface area contributed by atoms with Crippen LogP contribution < -0.4 is 0 Å². The largest absolute Gasteiger partial charge is 0.391 e. The van der Waals surface area contributed by atoms with Crippen molar-refractivity contribution in [2.45, 2.75) is 19.0 Å². The summed E-state index contributed by atoms with van der Waals surface area (Å²) in [4.78, 5) is 14.3. The predicted molar refractivity (Wildman–Crippen MR) is 86.3 cm³/mol. The first kappa shape index (κ1) is 16.3. The van der Waals surface area contributed by atoms with Crippen LogP contribution in [0.3, 0.4) is 0 Å². The molecule has 0 unspecified atom stereocenters. The van der Waals surface area contributed by atoms with Crippen LogP contribution in [0.4, 0.5) is 13.2 Å². The Kier molecular flexibility index (Phi) is 4.36. The molecule has 1 aliphatic rings. The zero-order valence-electron chi connectivity index (χ0n) is 12.2. The molecule has 3 rings (SSSR count). The normalized spacial score (nSPS) is 16.8. The van der Waals surface area contributed by atoms with Gasteiger partial charge in [-0.3, -0.25) is 4.79 Å². The summed E-state index contributed by atoms with van der Waals surface area (Å²) in [6.45, 7) is 0.285. The molecule has 2 nitrogen and oxygen atoms in total. The van der Waals surface area contributed by atoms with Crippen LogP contribution in [0, 0.1) is 5.92 Å². The van der Waals surface area contributed by atoms with Gasteiger partial charge in [-0.2, -0.15) is 13.2 Å². The Morgan fingerprint density at radius 1 is 1.09 bits per heavy atom. The van der Waals surface area contributed by atoms with E-state index >= 15 is 0 Å². The summed E-state index contributed by atoms with van der Waals surface area (Å²) < 4.78 is 39.0. The third kappa shape index (κ3) is 3.22. The standard InChI is InChI=1S/C17H15BrF3NO/c18-14-6-2-4-11-3-1-5-13(15(11)14)16(23)22-9-7-12(8-10-22)17(19,20)21/h1-6,12H,7-10H2. The number of hydrogen-bond acceptors (Lipinski definition) is 1. The molecular formula is C17H15BrF3NO. The fourth-order valence-electron chi connectivity index (χ4n) is 3.05. The molecule has 122 valence electrons. The molecule has 0 bridgehead atoms. The van der Waals surface area contributed by atoms with Gasteiger partial charge in [0.15, 0.2) is 0 Å². The molecule has 1 aliphatic heterocycles. The summed E-state index contributed by atoms with van der Waals surface area (Å²) in [5.41, 5.74) is 0.528. The Labute approximate surface area is 140 Å². The van der Waals surface area contributed by atoms with E-state index in [4.69, 9.17) is 0 Å². The van der Waals surface area contributed by atoms with Crippen LogP contribution >= 0.6 is 15.9 Å². The maximum absolute atomic E-state index is 12.7. The molecule has 0 atom stereocenters. The van der Waals surface area contributed by atoms with E-state index in [1.807, 2.05) is 24.3 Å². The topological polar surface area (TPSA) is 20.3 Å². The van der Waals surface area contributed by atoms with E-state index in [0.29, 0.717) is 5.56 Å². The van der Waals surface area contributed by atoms with E-state index < -0.39 is 12.1 Å². The Morgan fingerprint density at radius 3 is 2.30 bits per heavy atom. The van der Waals surface area contributed by atoms with E-state index in [-0.39, 0.29) is 31.8 Å². The summed E-state index contributed by atoms with van der Waals surface area (Å²) >= 11 is 3.46. The number of carbonyl (C=O) groups is 1. The molecule has 0 aliphatic carbocycles. The van der Waals surface area contributed by atoms with Crippen molar-refractivity contribution in [1.82, 2.24) is 4.90 Å². The van der Waals surface area contributed by atoms with Crippen molar-refractivity contribution in [3.8, 4) is 0 Å². The smallest absolute Gasteiger partial charge is 0.339 e. The average Bonchev–Trinajstić information content (AvgIpc) is 2.53. The molecule has 1 amide bonds. The third-order valence-corrected chi connectivity index (χ3v) is 4.99. The Balaban J connectivity index is 1.85. The monoisotopic (exact) mass is 385 g/mol. The molecule has 1 heterocycles. The van der Waals surface area contributed by atoms with Crippen LogP contribution in [0.2, 0.25) is 0 Å². The summed E-state index contributed by atoms with van der Waals surface area (Å²) in [6.07, 6.45) is -4.22. The lowest BCUT2D eigenvalue weighted by Crippen LogP contribution is -2.42. The van der Waals surface area contributed by atoms with E-state index in [1.165, 1.54) is 4.90 Å². The van der Waals surface area contributed by atoms with Crippen LogP contribution in [0.15, 0.2) is 40.9 Å². The molecule has 6 heteroatoms. The second-order valence-electron chi connectivity index (χ2n) is 5.75. The van der Waals surface area contributed by atoms with E-state index in [9.17, 15) is 18.0 Å². The van der Waals surface area contributed by atoms with Gasteiger partial charge in [-0.15, -0.1) is 0 Å². The summed E-state index contributed by atoms with van der Waals surface area (Å²) in [6, 6.07) is 11.1. The van der Waals surface area contributed by atoms with Crippen LogP contribution in [-0.4, -0.2) is 30.1 Å². The lowest BCUT2D eigenvalue weighted by Gasteiger charge is -2.33. The fourth-order valence-corrected chi connectivity index (χ4v) is 3.65. The van der Waals surface area contributed by atoms with Crippen molar-refractivity contribution in [2.24, 2.45) is 5.92 Å². The quantitative estimate of drug-likeness (QED) is 0.674. The number of nitrogens with zero attached hydrogens (tertiary/aromatic N) is 1. The molecule has 23 heavy (non-hydrogen) atoms. The number of piperidine rings is 1. The molecule has 0 radical (unpaired) electrons. The minimum atomic E-state index is -4.17. The second-order valence-corrected chi connectivity index (χ2v) is 6.61. The number of fused-ring (bicyclic) bond motifs is 1. The summed E-state index contributed by atoms with van der Waals surface area (Å²) in [7, 11) is 0. The highest BCUT2D eigenvalue weighted by Crippen LogP contribution is 2.35. The van der Waals surface area contributed by atoms with E-state index in [0.717, 1.165) is 15.2 Å². The zero-order chi connectivity index (χ0) is 16.6. The van der Waals surface area contributed by atoms with Crippen molar-refractivity contribution < 1.29 is 18.0 Å². The van der Waals surface area contributed by atoms with Gasteiger partial charge in [0.05, 0.1) is 5.92 Å². The number of benzene rings is 2. The lowest BCUT2D eigenvalue weighted by molar-refractivity contribution is -0.183. The number of rotatable bonds is 1. The maximum Gasteiger partial charge on any atom is 0.391 e. The second kappa shape index (κ2) is 6.15. The minimum Gasteiger partial charge on any atom is -0.339 e. The van der Waals surface area contributed by atoms with Gasteiger partial charge in [0.2, 0.25) is 0 Å². The van der Waals surface area contributed by atoms with Gasteiger partial charge in [0.25, 0.3) is 5.91 Å². The first-order chi connectivity index (χ1) is 10.9. The number of halogens is 4. The number of carbonyl (C=O) groups excluding carboxylic acids is 1. The van der Waals surface area contributed by atoms with Gasteiger partial charge in [0.1, 0.15) is 0 Å². The highest BCUT2D eigenvalue weighted by molar-refractivity contribution is 9.10. The average molecular weight is 386 g/mol. The number of hydrogen-bond donors (Lipinski definition) is 0. The fraction of sp³-hybridized carbons (Fsp3) is 0.353. The molecule has 2 aromatic carbocycles. The Morgan fingerprint density at radius 2 is 1.70 bits per heavy atom. The number of alkyl halides is 3. The van der Waals surface area contributed by atoms with Gasteiger partial charge >= 0.3 is 6.18 Å². The summed E-state index contributed by atoms with van der Waals surface area (Å²) in [5, 5.41) is 1.73. The molecule has 1 fully saturated rings. The number of amides is 1. The first-order valence-corrected chi connectivity index (χ1v) is 8.20. The van der Waals surface area contributed by atoms with Crippen LogP contribution in [0.5, 0.6) is 0 Å². The predicted octanol–water partition coefficient (Wildman–Crippen LogP) is 5.02. The maximum atomic E-state index is 12.7. The van der Waals surface area contributed by atoms with Crippen molar-refractivity contribution in [2.75, 3.05) is 13.1 Å². The minimum absolute atomic E-state index is 0.0266. The molecular weight excluding hydrogens is 371 g/mol. The SMILES string of the molecule is O=C(c1cccc2cccc(Br)c12)N1CCC(C(F)(F)F)CC1. The molecule has 0 spiro atoms. The van der Waals surface area contributed by atoms with E-state index in [1.54, 1.807) is 12.1 Å². The highest BCUT2D eigenvalue weighted by atomic mass is 79.9. The molecule has 0 N–H and O–H groups in total. The van der Waals surface area contributed by atoms with Gasteiger partial charge in [-0.25, -0.2) is 0 Å². The third-order valence-electron chi connectivity index (χ3n) is 4.33. The van der Waals surface area contributed by atoms with Crippen molar-refractivity contribution in [3.63, 3.8) is 0 Å². The van der Waals surface area contributed by atoms with Crippen molar-refractivity contribution in [3.05, 3.63) is 46.4 Å². The molecule has 0 saturated carbocycles. The highest BCUT2D eigenvalue weighted by Gasteiger charge is 2.41. The Hall–Kier alpha value is -1.56. The van der Waals surface area contributed by atoms with Crippen LogP contribution in [0.1, 0.15) is 23.2 Å². The van der Waals surface area contributed by atoms with Gasteiger partial charge < -0.3 is 4.90 Å². The zero-order valence-corrected chi connectivity index (χ0v) is 13.8. The van der Waals surface area contributed by atoms with E-state index in [2.05, 4.69) is 15.9 Å². The summed E-state index contributed by atoms with van der Waals surface area (Å²) in [5.74, 6) is -1.51. The molecule has 2 aromatic rings. The Bertz CT molecular complexity index is 731. The van der Waals surface area contributed by atoms with Gasteiger partial charge in [-0.05, 0) is 30.4 Å². The number of likely N-dealkylation sites (tertiary alicyclic amines) is 1. The van der Waals surface area contributed by atoms with Gasteiger partial charge in [0, 0.05) is 28.5 Å². The molecule has 1 saturated heterocycles. The van der Waals surface area contributed by atoms with Crippen molar-refractivity contribution >= 4 is 32.6 Å². The van der Waals surface area contributed by atoms with Gasteiger partial charge in [-0.1, -0.05) is 40.2 Å². The lowest BCUT2D eigenvalue weighted by atomic mass is 9.95. The van der Waals surface area contributed by atoms with Crippen LogP contribution in [0.25, 0.3) is 10.8 Å². The van der Waals surface area contributed by atoms with Crippen molar-refractivity contribution in [1.29, 1.82) is 0 Å².